The molecule has 0 radical (unpaired) electrons. The van der Waals surface area contributed by atoms with Gasteiger partial charge < -0.3 is 5.11 Å². The Kier molecular flexibility index (Phi) is 2.38. The van der Waals surface area contributed by atoms with Crippen LogP contribution >= 0.6 is 23.1 Å². The molecule has 3 heteroatoms. The van der Waals surface area contributed by atoms with Gasteiger partial charge in [-0.3, -0.25) is 0 Å². The first-order chi connectivity index (χ1) is 7.24. The summed E-state index contributed by atoms with van der Waals surface area (Å²) in [7, 11) is 0. The lowest BCUT2D eigenvalue weighted by molar-refractivity contribution is 0.134. The van der Waals surface area contributed by atoms with Gasteiger partial charge in [-0.1, -0.05) is 13.3 Å². The van der Waals surface area contributed by atoms with Gasteiger partial charge >= 0.3 is 0 Å². The lowest BCUT2D eigenvalue weighted by Crippen LogP contribution is -2.05. The van der Waals surface area contributed by atoms with E-state index in [1.807, 2.05) is 23.1 Å². The average molecular weight is 240 g/mol. The van der Waals surface area contributed by atoms with E-state index in [-0.39, 0.29) is 0 Å². The minimum atomic E-state index is -0.443. The van der Waals surface area contributed by atoms with E-state index in [0.717, 1.165) is 18.6 Å². The highest BCUT2D eigenvalue weighted by atomic mass is 32.2. The number of thiophene rings is 1. The second-order valence-corrected chi connectivity index (χ2v) is 6.84. The van der Waals surface area contributed by atoms with Crippen LogP contribution in [0.25, 0.3) is 0 Å². The van der Waals surface area contributed by atoms with Crippen molar-refractivity contribution in [2.45, 2.75) is 37.5 Å². The fourth-order valence-electron chi connectivity index (χ4n) is 2.46. The minimum Gasteiger partial charge on any atom is -0.384 e. The third-order valence-electron chi connectivity index (χ3n) is 3.62. The van der Waals surface area contributed by atoms with Gasteiger partial charge in [-0.15, -0.1) is 11.3 Å². The molecule has 1 N–H and O–H groups in total. The molecule has 1 fully saturated rings. The molecule has 0 saturated heterocycles. The fourth-order valence-corrected chi connectivity index (χ4v) is 5.01. The van der Waals surface area contributed by atoms with Crippen LogP contribution in [0.2, 0.25) is 0 Å². The predicted octanol–water partition coefficient (Wildman–Crippen LogP) is 3.15. The van der Waals surface area contributed by atoms with Crippen molar-refractivity contribution in [2.24, 2.45) is 5.92 Å². The summed E-state index contributed by atoms with van der Waals surface area (Å²) in [6.07, 6.45) is 3.29. The van der Waals surface area contributed by atoms with Crippen LogP contribution in [0.3, 0.4) is 0 Å². The molecule has 2 atom stereocenters. The first kappa shape index (κ1) is 10.2. The molecule has 2 aliphatic rings. The van der Waals surface area contributed by atoms with E-state index in [9.17, 15) is 5.11 Å². The lowest BCUT2D eigenvalue weighted by atomic mass is 10.1. The highest BCUT2D eigenvalue weighted by Crippen LogP contribution is 2.56. The Bertz CT molecular complexity index is 361. The second-order valence-electron chi connectivity index (χ2n) is 4.60. The summed E-state index contributed by atoms with van der Waals surface area (Å²) in [6.45, 7) is 2.17. The molecule has 0 aromatic carbocycles. The zero-order chi connectivity index (χ0) is 10.5. The van der Waals surface area contributed by atoms with E-state index in [2.05, 4.69) is 13.0 Å². The third-order valence-corrected chi connectivity index (χ3v) is 6.03. The largest absolute Gasteiger partial charge is 0.384 e. The summed E-state index contributed by atoms with van der Waals surface area (Å²) in [6, 6.07) is 2.27. The highest BCUT2D eigenvalue weighted by Gasteiger charge is 2.54. The van der Waals surface area contributed by atoms with Gasteiger partial charge in [0.25, 0.3) is 0 Å². The molecular formula is C12H16OS2. The maximum atomic E-state index is 10.4. The van der Waals surface area contributed by atoms with Crippen LogP contribution in [0.5, 0.6) is 0 Å². The molecular weight excluding hydrogens is 224 g/mol. The first-order valence-corrected chi connectivity index (χ1v) is 7.63. The Morgan fingerprint density at radius 2 is 2.47 bits per heavy atom. The van der Waals surface area contributed by atoms with Crippen molar-refractivity contribution in [3.8, 4) is 0 Å². The number of rotatable bonds is 2. The molecule has 1 nitrogen and oxygen atoms in total. The molecule has 82 valence electrons. The molecule has 2 unspecified atom stereocenters. The van der Waals surface area contributed by atoms with Crippen molar-refractivity contribution in [1.82, 2.24) is 0 Å². The molecule has 0 spiro atoms. The number of aryl methyl sites for hydroxylation is 1. The van der Waals surface area contributed by atoms with Crippen molar-refractivity contribution in [3.63, 3.8) is 0 Å². The smallest absolute Gasteiger partial charge is 0.102 e. The van der Waals surface area contributed by atoms with Crippen molar-refractivity contribution < 1.29 is 5.11 Å². The van der Waals surface area contributed by atoms with Crippen molar-refractivity contribution >= 4 is 23.1 Å². The summed E-state index contributed by atoms with van der Waals surface area (Å²) in [5.74, 6) is 2.92. The molecule has 3 rings (SSSR count). The topological polar surface area (TPSA) is 20.2 Å². The van der Waals surface area contributed by atoms with E-state index in [4.69, 9.17) is 0 Å². The Balaban J connectivity index is 1.90. The Hall–Kier alpha value is 0.01000. The average Bonchev–Trinajstić information content (AvgIpc) is 2.76. The molecule has 1 aromatic rings. The Morgan fingerprint density at radius 1 is 1.60 bits per heavy atom. The van der Waals surface area contributed by atoms with Crippen LogP contribution in [0, 0.1) is 5.92 Å². The predicted molar refractivity (Wildman–Crippen MR) is 66.5 cm³/mol. The van der Waals surface area contributed by atoms with Crippen LogP contribution in [0.4, 0.5) is 0 Å². The number of hydrogen-bond acceptors (Lipinski definition) is 3. The van der Waals surface area contributed by atoms with Gasteiger partial charge in [-0.25, -0.2) is 0 Å². The van der Waals surface area contributed by atoms with E-state index >= 15 is 0 Å². The molecule has 0 bridgehead atoms. The van der Waals surface area contributed by atoms with Gasteiger partial charge in [0.05, 0.1) is 0 Å². The third kappa shape index (κ3) is 1.56. The summed E-state index contributed by atoms with van der Waals surface area (Å²) >= 11 is 3.87. The van der Waals surface area contributed by atoms with Crippen LogP contribution in [0.1, 0.15) is 35.1 Å². The van der Waals surface area contributed by atoms with Crippen LogP contribution in [-0.2, 0) is 17.8 Å². The minimum absolute atomic E-state index is 0.443. The monoisotopic (exact) mass is 240 g/mol. The molecule has 0 amide bonds. The van der Waals surface area contributed by atoms with Gasteiger partial charge in [0.2, 0.25) is 0 Å². The van der Waals surface area contributed by atoms with Crippen molar-refractivity contribution in [2.75, 3.05) is 5.75 Å². The number of aliphatic hydroxyl groups is 1. The van der Waals surface area contributed by atoms with Gasteiger partial charge in [-0.2, -0.15) is 11.8 Å². The molecule has 1 aromatic heterocycles. The molecule has 15 heavy (non-hydrogen) atoms. The highest BCUT2D eigenvalue weighted by molar-refractivity contribution is 7.98. The van der Waals surface area contributed by atoms with E-state index in [1.165, 1.54) is 27.5 Å². The zero-order valence-electron chi connectivity index (χ0n) is 8.95. The maximum Gasteiger partial charge on any atom is 0.102 e. The molecule has 1 saturated carbocycles. The standard InChI is InChI=1S/C12H16OS2/c1-2-9-6-12(9,13)11-5-8-7-14-4-3-10(8)15-11/h5,9,13H,2-4,6-7H2,1H3. The lowest BCUT2D eigenvalue weighted by Gasteiger charge is -2.08. The number of hydrogen-bond donors (Lipinski definition) is 1. The summed E-state index contributed by atoms with van der Waals surface area (Å²) in [5.41, 5.74) is 1.04. The molecule has 1 aliphatic carbocycles. The van der Waals surface area contributed by atoms with Crippen LogP contribution in [-0.4, -0.2) is 10.9 Å². The Labute approximate surface area is 98.9 Å². The maximum absolute atomic E-state index is 10.4. The van der Waals surface area contributed by atoms with Crippen molar-refractivity contribution in [1.29, 1.82) is 0 Å². The first-order valence-electron chi connectivity index (χ1n) is 5.66. The van der Waals surface area contributed by atoms with E-state index < -0.39 is 5.60 Å². The van der Waals surface area contributed by atoms with Crippen LogP contribution < -0.4 is 0 Å². The van der Waals surface area contributed by atoms with E-state index in [1.54, 1.807) is 0 Å². The fraction of sp³-hybridized carbons (Fsp3) is 0.667. The van der Waals surface area contributed by atoms with Gasteiger partial charge in [-0.05, 0) is 36.1 Å². The van der Waals surface area contributed by atoms with Gasteiger partial charge in [0.1, 0.15) is 5.60 Å². The van der Waals surface area contributed by atoms with E-state index in [0.29, 0.717) is 5.92 Å². The molecule has 1 aliphatic heterocycles. The van der Waals surface area contributed by atoms with Gasteiger partial charge in [0.15, 0.2) is 0 Å². The second kappa shape index (κ2) is 3.51. The van der Waals surface area contributed by atoms with Crippen LogP contribution in [0.15, 0.2) is 6.07 Å². The van der Waals surface area contributed by atoms with Crippen molar-refractivity contribution in [3.05, 3.63) is 21.4 Å². The SMILES string of the molecule is CCC1CC1(O)c1cc2c(s1)CCSC2. The quantitative estimate of drug-likeness (QED) is 0.857. The summed E-state index contributed by atoms with van der Waals surface area (Å²) in [4.78, 5) is 2.76. The number of fused-ring (bicyclic) bond motifs is 1. The normalized spacial score (nSPS) is 33.9. The molecule has 2 heterocycles. The number of thioether (sulfide) groups is 1. The zero-order valence-corrected chi connectivity index (χ0v) is 10.6. The van der Waals surface area contributed by atoms with Gasteiger partial charge in [0, 0.05) is 15.5 Å². The summed E-state index contributed by atoms with van der Waals surface area (Å²) < 4.78 is 0. The summed E-state index contributed by atoms with van der Waals surface area (Å²) in [5, 5.41) is 10.4. The Morgan fingerprint density at radius 3 is 3.13 bits per heavy atom.